The zero-order valence-corrected chi connectivity index (χ0v) is 18.0. The first kappa shape index (κ1) is 23.9. The van der Waals surface area contributed by atoms with Crippen molar-refractivity contribution in [2.75, 3.05) is 10.6 Å². The lowest BCUT2D eigenvalue weighted by atomic mass is 10.1. The predicted molar refractivity (Wildman–Crippen MR) is 131 cm³/mol. The van der Waals surface area contributed by atoms with Gasteiger partial charge in [-0.1, -0.05) is 38.1 Å². The summed E-state index contributed by atoms with van der Waals surface area (Å²) in [5, 5.41) is 21.0. The summed E-state index contributed by atoms with van der Waals surface area (Å²) in [6, 6.07) is 14.0. The fourth-order valence-electron chi connectivity index (χ4n) is 2.69. The van der Waals surface area contributed by atoms with Crippen LogP contribution in [0.3, 0.4) is 0 Å². The maximum Gasteiger partial charge on any atom is 0.323 e. The summed E-state index contributed by atoms with van der Waals surface area (Å²) in [6.07, 6.45) is 1.30. The van der Waals surface area contributed by atoms with Gasteiger partial charge in [0, 0.05) is 11.4 Å². The zero-order valence-electron chi connectivity index (χ0n) is 18.0. The molecule has 11 heteroatoms. The summed E-state index contributed by atoms with van der Waals surface area (Å²) < 4.78 is 0. The molecule has 0 radical (unpaired) electrons. The van der Waals surface area contributed by atoms with Gasteiger partial charge in [0.2, 0.25) is 11.9 Å². The minimum atomic E-state index is -0.375. The molecule has 0 saturated carbocycles. The number of nitrogens with zero attached hydrogens (tertiary/aromatic N) is 4. The number of amides is 2. The highest BCUT2D eigenvalue weighted by molar-refractivity contribution is 6.03. The standard InChI is InChI=1S/C21H28N10O/c1-3-17(28-30-19(22)23)13-5-9-15(10-6-13)26-21(32)27-16-11-7-14(8-12-16)18(4-2)29-31-20(24)25/h5-12H,3-4H2,1-2H3,(H4,22,23,30)(H4,24,25,31)(H2,26,27,32)/b28-17+,29-18+. The van der Waals surface area contributed by atoms with Crippen LogP contribution in [-0.4, -0.2) is 29.4 Å². The molecular formula is C21H28N10O. The highest BCUT2D eigenvalue weighted by Gasteiger charge is 2.07. The van der Waals surface area contributed by atoms with Crippen molar-refractivity contribution >= 4 is 40.7 Å². The van der Waals surface area contributed by atoms with Gasteiger partial charge >= 0.3 is 6.03 Å². The predicted octanol–water partition coefficient (Wildman–Crippen LogP) is 2.11. The van der Waals surface area contributed by atoms with Crippen molar-refractivity contribution in [1.29, 1.82) is 0 Å². The molecule has 0 aliphatic heterocycles. The van der Waals surface area contributed by atoms with Crippen LogP contribution in [0.25, 0.3) is 0 Å². The average molecular weight is 437 g/mol. The lowest BCUT2D eigenvalue weighted by Gasteiger charge is -2.10. The number of urea groups is 1. The van der Waals surface area contributed by atoms with Crippen LogP contribution in [0.1, 0.15) is 37.8 Å². The number of carbonyl (C=O) groups is 1. The molecule has 32 heavy (non-hydrogen) atoms. The molecule has 0 aliphatic carbocycles. The van der Waals surface area contributed by atoms with Crippen LogP contribution in [-0.2, 0) is 0 Å². The summed E-state index contributed by atoms with van der Waals surface area (Å²) in [5.74, 6) is -0.211. The lowest BCUT2D eigenvalue weighted by molar-refractivity contribution is 0.262. The Labute approximate surface area is 186 Å². The number of hydrogen-bond donors (Lipinski definition) is 6. The molecule has 0 aliphatic rings. The highest BCUT2D eigenvalue weighted by atomic mass is 16.2. The summed E-state index contributed by atoms with van der Waals surface area (Å²) in [7, 11) is 0. The van der Waals surface area contributed by atoms with E-state index in [1.807, 2.05) is 38.1 Å². The van der Waals surface area contributed by atoms with Gasteiger partial charge in [-0.3, -0.25) is 0 Å². The second-order valence-corrected chi connectivity index (χ2v) is 6.58. The van der Waals surface area contributed by atoms with E-state index in [9.17, 15) is 4.79 Å². The molecule has 2 amide bonds. The van der Waals surface area contributed by atoms with Crippen molar-refractivity contribution in [3.63, 3.8) is 0 Å². The molecule has 2 aromatic carbocycles. The van der Waals surface area contributed by atoms with Crippen molar-refractivity contribution in [2.24, 2.45) is 43.3 Å². The number of benzene rings is 2. The van der Waals surface area contributed by atoms with E-state index in [2.05, 4.69) is 31.0 Å². The first-order valence-corrected chi connectivity index (χ1v) is 9.92. The second kappa shape index (κ2) is 11.7. The molecule has 2 aromatic rings. The first-order chi connectivity index (χ1) is 15.3. The third-order valence-corrected chi connectivity index (χ3v) is 4.19. The average Bonchev–Trinajstić information content (AvgIpc) is 2.76. The van der Waals surface area contributed by atoms with Gasteiger partial charge in [0.1, 0.15) is 0 Å². The molecule has 0 aromatic heterocycles. The zero-order chi connectivity index (χ0) is 23.5. The number of nitrogens with two attached hydrogens (primary N) is 4. The van der Waals surface area contributed by atoms with Crippen LogP contribution >= 0.6 is 0 Å². The highest BCUT2D eigenvalue weighted by Crippen LogP contribution is 2.15. The monoisotopic (exact) mass is 436 g/mol. The largest absolute Gasteiger partial charge is 0.369 e. The molecule has 10 N–H and O–H groups in total. The molecule has 0 heterocycles. The SMILES string of the molecule is CC/C(=N\N=C(N)N)c1ccc(NC(=O)Nc2ccc(/C(CC)=N/N=C(N)N)cc2)cc1. The Balaban J connectivity index is 2.02. The van der Waals surface area contributed by atoms with Crippen molar-refractivity contribution in [3.05, 3.63) is 59.7 Å². The second-order valence-electron chi connectivity index (χ2n) is 6.58. The summed E-state index contributed by atoms with van der Waals surface area (Å²) in [5.41, 5.74) is 25.7. The molecule has 11 nitrogen and oxygen atoms in total. The first-order valence-electron chi connectivity index (χ1n) is 9.92. The number of nitrogens with one attached hydrogen (secondary N) is 2. The minimum absolute atomic E-state index is 0.106. The number of anilines is 2. The number of rotatable bonds is 8. The van der Waals surface area contributed by atoms with Crippen LogP contribution in [0.5, 0.6) is 0 Å². The summed E-state index contributed by atoms with van der Waals surface area (Å²) >= 11 is 0. The number of guanidine groups is 2. The molecule has 0 unspecified atom stereocenters. The van der Waals surface area contributed by atoms with Gasteiger partial charge in [-0.25, -0.2) is 4.79 Å². The normalized spacial score (nSPS) is 11.4. The van der Waals surface area contributed by atoms with E-state index in [1.54, 1.807) is 24.3 Å². The Morgan fingerprint density at radius 1 is 0.656 bits per heavy atom. The molecule has 0 bridgehead atoms. The smallest absolute Gasteiger partial charge is 0.323 e. The number of carbonyl (C=O) groups excluding carboxylic acids is 1. The van der Waals surface area contributed by atoms with Crippen LogP contribution in [0, 0.1) is 0 Å². The Morgan fingerprint density at radius 2 is 1.00 bits per heavy atom. The van der Waals surface area contributed by atoms with Crippen LogP contribution in [0.4, 0.5) is 16.2 Å². The van der Waals surface area contributed by atoms with Gasteiger partial charge < -0.3 is 33.6 Å². The van der Waals surface area contributed by atoms with E-state index in [1.165, 1.54) is 0 Å². The molecule has 0 atom stereocenters. The molecule has 0 saturated heterocycles. The van der Waals surface area contributed by atoms with E-state index < -0.39 is 0 Å². The van der Waals surface area contributed by atoms with Crippen molar-refractivity contribution < 1.29 is 4.79 Å². The topological polar surface area (TPSA) is 195 Å². The number of hydrogen-bond acceptors (Lipinski definition) is 5. The van der Waals surface area contributed by atoms with E-state index in [0.717, 1.165) is 22.6 Å². The van der Waals surface area contributed by atoms with Crippen molar-refractivity contribution in [1.82, 2.24) is 0 Å². The quantitative estimate of drug-likeness (QED) is 0.209. The fraction of sp³-hybridized carbons (Fsp3) is 0.190. The maximum atomic E-state index is 12.3. The summed E-state index contributed by atoms with van der Waals surface area (Å²) in [6.45, 7) is 3.89. The van der Waals surface area contributed by atoms with Gasteiger partial charge in [-0.15, -0.1) is 10.2 Å². The Morgan fingerprint density at radius 3 is 1.28 bits per heavy atom. The Bertz CT molecular complexity index is 946. The maximum absolute atomic E-state index is 12.3. The van der Waals surface area contributed by atoms with Gasteiger partial charge in [0.25, 0.3) is 0 Å². The van der Waals surface area contributed by atoms with E-state index in [0.29, 0.717) is 24.2 Å². The van der Waals surface area contributed by atoms with E-state index >= 15 is 0 Å². The van der Waals surface area contributed by atoms with E-state index in [-0.39, 0.29) is 18.0 Å². The fourth-order valence-corrected chi connectivity index (χ4v) is 2.69. The third-order valence-electron chi connectivity index (χ3n) is 4.19. The third kappa shape index (κ3) is 7.44. The van der Waals surface area contributed by atoms with Gasteiger partial charge in [0.05, 0.1) is 11.4 Å². The molecule has 168 valence electrons. The molecular weight excluding hydrogens is 408 g/mol. The minimum Gasteiger partial charge on any atom is -0.369 e. The van der Waals surface area contributed by atoms with Gasteiger partial charge in [-0.2, -0.15) is 10.2 Å². The lowest BCUT2D eigenvalue weighted by Crippen LogP contribution is -2.22. The van der Waals surface area contributed by atoms with Crippen LogP contribution < -0.4 is 33.6 Å². The molecule has 2 rings (SSSR count). The van der Waals surface area contributed by atoms with Crippen LogP contribution in [0.2, 0.25) is 0 Å². The van der Waals surface area contributed by atoms with Crippen molar-refractivity contribution in [3.8, 4) is 0 Å². The summed E-state index contributed by atoms with van der Waals surface area (Å²) in [4.78, 5) is 12.3. The molecule has 0 spiro atoms. The van der Waals surface area contributed by atoms with E-state index in [4.69, 9.17) is 22.9 Å². The van der Waals surface area contributed by atoms with Crippen LogP contribution in [0.15, 0.2) is 68.9 Å². The Hall–Kier alpha value is -4.41. The van der Waals surface area contributed by atoms with Gasteiger partial charge in [0.15, 0.2) is 0 Å². The molecule has 0 fully saturated rings. The Kier molecular flexibility index (Phi) is 8.72. The van der Waals surface area contributed by atoms with Gasteiger partial charge in [-0.05, 0) is 48.2 Å². The van der Waals surface area contributed by atoms with Crippen molar-refractivity contribution in [2.45, 2.75) is 26.7 Å².